The third kappa shape index (κ3) is 4.13. The SMILES string of the molecule is CC(=O)OCn1ncc(Oc2ccc([N+](=O)[O-])cc2)c(Br)c1=O. The molecule has 1 aromatic carbocycles. The van der Waals surface area contributed by atoms with Crippen molar-refractivity contribution in [3.05, 3.63) is 55.4 Å². The quantitative estimate of drug-likeness (QED) is 0.441. The van der Waals surface area contributed by atoms with Crippen molar-refractivity contribution in [2.24, 2.45) is 0 Å². The zero-order valence-electron chi connectivity index (χ0n) is 11.8. The third-order valence-corrected chi connectivity index (χ3v) is 3.35. The van der Waals surface area contributed by atoms with E-state index in [1.165, 1.54) is 37.4 Å². The van der Waals surface area contributed by atoms with E-state index in [0.717, 1.165) is 4.68 Å². The van der Waals surface area contributed by atoms with Crippen molar-refractivity contribution in [2.45, 2.75) is 13.7 Å². The highest BCUT2D eigenvalue weighted by Crippen LogP contribution is 2.27. The highest BCUT2D eigenvalue weighted by Gasteiger charge is 2.12. The Bertz CT molecular complexity index is 802. The molecular formula is C13H10BrN3O6. The van der Waals surface area contributed by atoms with Crippen LogP contribution in [0.3, 0.4) is 0 Å². The van der Waals surface area contributed by atoms with Crippen LogP contribution in [0, 0.1) is 10.1 Å². The van der Waals surface area contributed by atoms with Gasteiger partial charge in [0.25, 0.3) is 11.2 Å². The highest BCUT2D eigenvalue weighted by atomic mass is 79.9. The van der Waals surface area contributed by atoms with E-state index in [0.29, 0.717) is 5.75 Å². The second kappa shape index (κ2) is 7.01. The number of esters is 1. The molecule has 0 unspecified atom stereocenters. The van der Waals surface area contributed by atoms with Gasteiger partial charge in [-0.05, 0) is 28.1 Å². The minimum atomic E-state index is -0.550. The van der Waals surface area contributed by atoms with E-state index in [2.05, 4.69) is 21.0 Å². The van der Waals surface area contributed by atoms with Crippen LogP contribution in [-0.4, -0.2) is 20.7 Å². The molecule has 0 fully saturated rings. The number of aromatic nitrogens is 2. The number of hydrogen-bond acceptors (Lipinski definition) is 7. The Balaban J connectivity index is 2.20. The first-order valence-corrected chi connectivity index (χ1v) is 6.99. The molecule has 0 amide bonds. The van der Waals surface area contributed by atoms with Crippen LogP contribution >= 0.6 is 15.9 Å². The van der Waals surface area contributed by atoms with Crippen molar-refractivity contribution in [2.75, 3.05) is 0 Å². The normalized spacial score (nSPS) is 10.2. The Morgan fingerprint density at radius 1 is 1.39 bits per heavy atom. The topological polar surface area (TPSA) is 114 Å². The molecule has 0 bridgehead atoms. The summed E-state index contributed by atoms with van der Waals surface area (Å²) >= 11 is 3.09. The number of carbonyl (C=O) groups excluding carboxylic acids is 1. The second-order valence-electron chi connectivity index (χ2n) is 4.25. The van der Waals surface area contributed by atoms with Crippen LogP contribution in [0.25, 0.3) is 0 Å². The second-order valence-corrected chi connectivity index (χ2v) is 5.04. The molecule has 0 saturated carbocycles. The molecule has 0 atom stereocenters. The molecule has 9 nitrogen and oxygen atoms in total. The molecule has 0 spiro atoms. The molecule has 23 heavy (non-hydrogen) atoms. The number of nitrogens with zero attached hydrogens (tertiary/aromatic N) is 3. The molecule has 0 saturated heterocycles. The molecule has 2 aromatic rings. The maximum absolute atomic E-state index is 12.0. The minimum absolute atomic E-state index is 0.0775. The zero-order valence-corrected chi connectivity index (χ0v) is 13.3. The van der Waals surface area contributed by atoms with E-state index in [1.54, 1.807) is 0 Å². The van der Waals surface area contributed by atoms with Gasteiger partial charge in [-0.2, -0.15) is 9.78 Å². The Morgan fingerprint density at radius 3 is 2.61 bits per heavy atom. The summed E-state index contributed by atoms with van der Waals surface area (Å²) in [6, 6.07) is 5.35. The summed E-state index contributed by atoms with van der Waals surface area (Å²) in [6.45, 7) is 0.900. The van der Waals surface area contributed by atoms with Gasteiger partial charge in [0, 0.05) is 19.1 Å². The fourth-order valence-electron chi connectivity index (χ4n) is 1.53. The van der Waals surface area contributed by atoms with Crippen LogP contribution in [-0.2, 0) is 16.3 Å². The summed E-state index contributed by atoms with van der Waals surface area (Å²) in [5.41, 5.74) is -0.628. The number of rotatable bonds is 5. The van der Waals surface area contributed by atoms with Gasteiger partial charge in [0.05, 0.1) is 11.1 Å². The van der Waals surface area contributed by atoms with Gasteiger partial charge in [-0.3, -0.25) is 19.7 Å². The van der Waals surface area contributed by atoms with Gasteiger partial charge in [-0.15, -0.1) is 0 Å². The van der Waals surface area contributed by atoms with Gasteiger partial charge in [0.2, 0.25) is 0 Å². The summed E-state index contributed by atoms with van der Waals surface area (Å²) in [7, 11) is 0. The van der Waals surface area contributed by atoms with Gasteiger partial charge in [-0.25, -0.2) is 0 Å². The Hall–Kier alpha value is -2.75. The molecule has 0 aliphatic heterocycles. The first-order chi connectivity index (χ1) is 10.9. The predicted molar refractivity (Wildman–Crippen MR) is 81.1 cm³/mol. The van der Waals surface area contributed by atoms with E-state index in [4.69, 9.17) is 9.47 Å². The molecule has 120 valence electrons. The van der Waals surface area contributed by atoms with Gasteiger partial charge in [-0.1, -0.05) is 0 Å². The number of non-ortho nitro benzene ring substituents is 1. The van der Waals surface area contributed by atoms with Crippen LogP contribution in [0.5, 0.6) is 11.5 Å². The molecule has 0 aliphatic rings. The van der Waals surface area contributed by atoms with Crippen molar-refractivity contribution in [1.29, 1.82) is 0 Å². The number of benzene rings is 1. The average Bonchev–Trinajstić information content (AvgIpc) is 2.51. The first-order valence-electron chi connectivity index (χ1n) is 6.20. The lowest BCUT2D eigenvalue weighted by Crippen LogP contribution is -2.25. The van der Waals surface area contributed by atoms with Crippen LogP contribution in [0.1, 0.15) is 6.92 Å². The van der Waals surface area contributed by atoms with E-state index in [1.807, 2.05) is 0 Å². The molecule has 1 heterocycles. The Labute approximate surface area is 137 Å². The zero-order chi connectivity index (χ0) is 17.0. The lowest BCUT2D eigenvalue weighted by atomic mass is 10.3. The maximum atomic E-state index is 12.0. The van der Waals surface area contributed by atoms with Gasteiger partial charge in [0.15, 0.2) is 12.5 Å². The van der Waals surface area contributed by atoms with E-state index in [-0.39, 0.29) is 22.6 Å². The smallest absolute Gasteiger partial charge is 0.304 e. The van der Waals surface area contributed by atoms with Gasteiger partial charge < -0.3 is 9.47 Å². The lowest BCUT2D eigenvalue weighted by molar-refractivity contribution is -0.384. The van der Waals surface area contributed by atoms with Crippen molar-refractivity contribution in [1.82, 2.24) is 9.78 Å². The molecular weight excluding hydrogens is 374 g/mol. The Kier molecular flexibility index (Phi) is 5.06. The standard InChI is InChI=1S/C13H10BrN3O6/c1-8(18)22-7-16-13(19)12(14)11(6-15-16)23-10-4-2-9(3-5-10)17(20)21/h2-6H,7H2,1H3. The summed E-state index contributed by atoms with van der Waals surface area (Å²) in [5.74, 6) is -0.112. The molecule has 2 rings (SSSR count). The summed E-state index contributed by atoms with van der Waals surface area (Å²) in [6.07, 6.45) is 1.26. The Morgan fingerprint density at radius 2 is 2.04 bits per heavy atom. The van der Waals surface area contributed by atoms with Crippen molar-refractivity contribution in [3.8, 4) is 11.5 Å². The fraction of sp³-hybridized carbons (Fsp3) is 0.154. The van der Waals surface area contributed by atoms with Crippen LogP contribution < -0.4 is 10.3 Å². The van der Waals surface area contributed by atoms with E-state index in [9.17, 15) is 19.7 Å². The molecule has 1 aromatic heterocycles. The number of halogens is 1. The average molecular weight is 384 g/mol. The largest absolute Gasteiger partial charge is 0.454 e. The van der Waals surface area contributed by atoms with Crippen molar-refractivity contribution >= 4 is 27.6 Å². The summed E-state index contributed by atoms with van der Waals surface area (Å²) in [4.78, 5) is 32.8. The highest BCUT2D eigenvalue weighted by molar-refractivity contribution is 9.10. The number of nitro groups is 1. The fourth-order valence-corrected chi connectivity index (χ4v) is 1.92. The van der Waals surface area contributed by atoms with Gasteiger partial charge in [0.1, 0.15) is 10.2 Å². The molecule has 0 radical (unpaired) electrons. The molecule has 0 aliphatic carbocycles. The summed E-state index contributed by atoms with van der Waals surface area (Å²) < 4.78 is 11.2. The minimum Gasteiger partial charge on any atom is -0.454 e. The monoisotopic (exact) mass is 383 g/mol. The van der Waals surface area contributed by atoms with Crippen LogP contribution in [0.15, 0.2) is 39.7 Å². The third-order valence-electron chi connectivity index (χ3n) is 2.62. The maximum Gasteiger partial charge on any atom is 0.304 e. The molecule has 0 N–H and O–H groups in total. The number of ether oxygens (including phenoxy) is 2. The van der Waals surface area contributed by atoms with Crippen LogP contribution in [0.4, 0.5) is 5.69 Å². The first kappa shape index (κ1) is 16.6. The number of hydrogen-bond donors (Lipinski definition) is 0. The van der Waals surface area contributed by atoms with Crippen molar-refractivity contribution < 1.29 is 19.2 Å². The lowest BCUT2D eigenvalue weighted by Gasteiger charge is -2.09. The van der Waals surface area contributed by atoms with Gasteiger partial charge >= 0.3 is 5.97 Å². The molecule has 10 heteroatoms. The number of carbonyl (C=O) groups is 1. The summed E-state index contributed by atoms with van der Waals surface area (Å²) in [5, 5.41) is 14.4. The van der Waals surface area contributed by atoms with Crippen LogP contribution in [0.2, 0.25) is 0 Å². The van der Waals surface area contributed by atoms with E-state index < -0.39 is 16.5 Å². The van der Waals surface area contributed by atoms with E-state index >= 15 is 0 Å². The predicted octanol–water partition coefficient (Wildman–Crippen LogP) is 2.23. The number of nitro benzene ring substituents is 1. The van der Waals surface area contributed by atoms with Crippen molar-refractivity contribution in [3.63, 3.8) is 0 Å².